The standard InChI is InChI=1S/C20H25O10.C5H5.Ru/c1-6-26-16(21)11-12(17(22)27-7-2)14(19(24)29-9-4)15(20(25)30-10-5)13(11)18(23)28-8-3;1-2-4-5-3-1;/h6-10H2,1-5H3;1-5H;/q;;+2. The first-order chi connectivity index (χ1) is 16.8. The van der Waals surface area contributed by atoms with Crippen LogP contribution in [-0.2, 0) is 67.1 Å². The zero-order chi connectivity index (χ0) is 26.4. The van der Waals surface area contributed by atoms with Crippen molar-refractivity contribution in [2.75, 3.05) is 33.0 Å². The van der Waals surface area contributed by atoms with Gasteiger partial charge >= 0.3 is 49.3 Å². The van der Waals surface area contributed by atoms with Crippen LogP contribution >= 0.6 is 0 Å². The SMILES string of the molecule is CCOC(=O)[C]1[C](C(=O)OCC)[C](C(=O)OCC)[C](C(=O)OCC)[C]1C(=O)OCC.[CH]1[CH][CH][CH][CH]1.[Ru+2]. The molecule has 10 radical (unpaired) electrons. The first-order valence-corrected chi connectivity index (χ1v) is 11.2. The van der Waals surface area contributed by atoms with Crippen LogP contribution in [0.25, 0.3) is 0 Å². The van der Waals surface area contributed by atoms with Crippen LogP contribution in [0.4, 0.5) is 0 Å². The molecule has 0 aromatic rings. The number of esters is 5. The monoisotopic (exact) mass is 592 g/mol. The molecule has 0 aromatic heterocycles. The van der Waals surface area contributed by atoms with Gasteiger partial charge in [-0.2, -0.15) is 0 Å². The molecule has 0 N–H and O–H groups in total. The Morgan fingerprint density at radius 2 is 0.556 bits per heavy atom. The Balaban J connectivity index is 0.00000181. The van der Waals surface area contributed by atoms with Crippen molar-refractivity contribution in [2.45, 2.75) is 34.6 Å². The van der Waals surface area contributed by atoms with E-state index >= 15 is 0 Å². The smallest absolute Gasteiger partial charge is 0.465 e. The van der Waals surface area contributed by atoms with Crippen LogP contribution in [0.2, 0.25) is 0 Å². The van der Waals surface area contributed by atoms with Crippen LogP contribution in [0, 0.1) is 61.7 Å². The summed E-state index contributed by atoms with van der Waals surface area (Å²) in [6, 6.07) is 0. The minimum Gasteiger partial charge on any atom is -0.465 e. The fraction of sp³-hybridized carbons (Fsp3) is 0.400. The van der Waals surface area contributed by atoms with Gasteiger partial charge in [0.2, 0.25) is 0 Å². The molecule has 0 saturated heterocycles. The van der Waals surface area contributed by atoms with Crippen molar-refractivity contribution in [3.63, 3.8) is 0 Å². The van der Waals surface area contributed by atoms with E-state index in [-0.39, 0.29) is 52.5 Å². The van der Waals surface area contributed by atoms with Gasteiger partial charge in [0.05, 0.1) is 33.0 Å². The molecule has 2 fully saturated rings. The number of hydrogen-bond donors (Lipinski definition) is 0. The van der Waals surface area contributed by atoms with Gasteiger partial charge in [-0.25, -0.2) is 0 Å². The molecule has 0 aromatic carbocycles. The minimum absolute atomic E-state index is 0. The summed E-state index contributed by atoms with van der Waals surface area (Å²) in [6.07, 6.45) is 10.0. The van der Waals surface area contributed by atoms with Crippen molar-refractivity contribution >= 4 is 29.8 Å². The predicted octanol–water partition coefficient (Wildman–Crippen LogP) is 1.71. The van der Waals surface area contributed by atoms with Crippen LogP contribution in [0.3, 0.4) is 0 Å². The van der Waals surface area contributed by atoms with Gasteiger partial charge in [-0.15, -0.1) is 0 Å². The summed E-state index contributed by atoms with van der Waals surface area (Å²) in [7, 11) is 0. The van der Waals surface area contributed by atoms with Crippen LogP contribution in [0.5, 0.6) is 0 Å². The molecule has 0 spiro atoms. The van der Waals surface area contributed by atoms with Crippen molar-refractivity contribution in [3.8, 4) is 0 Å². The van der Waals surface area contributed by atoms with Gasteiger partial charge in [0.25, 0.3) is 0 Å². The summed E-state index contributed by atoms with van der Waals surface area (Å²) in [6.45, 7) is 7.04. The predicted molar refractivity (Wildman–Crippen MR) is 121 cm³/mol. The summed E-state index contributed by atoms with van der Waals surface area (Å²) >= 11 is 0. The maximum Gasteiger partial charge on any atom is 2.00 e. The molecule has 2 aliphatic carbocycles. The Labute approximate surface area is 226 Å². The molecule has 0 heterocycles. The summed E-state index contributed by atoms with van der Waals surface area (Å²) in [5.41, 5.74) is 0. The number of ether oxygens (including phenoxy) is 5. The molecule has 2 saturated carbocycles. The van der Waals surface area contributed by atoms with Gasteiger partial charge in [0.15, 0.2) is 0 Å². The second-order valence-electron chi connectivity index (χ2n) is 6.44. The molecule has 196 valence electrons. The molecule has 0 atom stereocenters. The van der Waals surface area contributed by atoms with Crippen LogP contribution in [0.15, 0.2) is 0 Å². The van der Waals surface area contributed by atoms with E-state index in [9.17, 15) is 24.0 Å². The minimum atomic E-state index is -1.11. The maximum absolute atomic E-state index is 12.7. The van der Waals surface area contributed by atoms with E-state index in [4.69, 9.17) is 23.7 Å². The van der Waals surface area contributed by atoms with E-state index < -0.39 is 59.4 Å². The molecule has 11 heteroatoms. The Hall–Kier alpha value is -2.03. The third-order valence-corrected chi connectivity index (χ3v) is 4.20. The van der Waals surface area contributed by atoms with E-state index in [0.29, 0.717) is 0 Å². The molecule has 2 aliphatic rings. The molecule has 0 unspecified atom stereocenters. The Morgan fingerprint density at radius 3 is 0.667 bits per heavy atom. The van der Waals surface area contributed by atoms with Crippen LogP contribution in [0.1, 0.15) is 34.6 Å². The first kappa shape index (κ1) is 34.0. The van der Waals surface area contributed by atoms with Gasteiger partial charge in [-0.05, 0) is 66.7 Å². The van der Waals surface area contributed by atoms with E-state index in [1.165, 1.54) is 34.6 Å². The first-order valence-electron chi connectivity index (χ1n) is 11.2. The van der Waals surface area contributed by atoms with Crippen LogP contribution in [-0.4, -0.2) is 62.9 Å². The second-order valence-corrected chi connectivity index (χ2v) is 6.44. The largest absolute Gasteiger partial charge is 2.00 e. The number of rotatable bonds is 10. The number of carbonyl (C=O) groups is 5. The molecule has 10 nitrogen and oxygen atoms in total. The molecule has 36 heavy (non-hydrogen) atoms. The van der Waals surface area contributed by atoms with Crippen molar-refractivity contribution in [1.29, 1.82) is 0 Å². The zero-order valence-corrected chi connectivity index (χ0v) is 22.6. The quantitative estimate of drug-likeness (QED) is 0.210. The normalized spacial score (nSPS) is 16.8. The topological polar surface area (TPSA) is 132 Å². The van der Waals surface area contributed by atoms with E-state index in [1.807, 2.05) is 32.1 Å². The van der Waals surface area contributed by atoms with E-state index in [1.54, 1.807) is 0 Å². The summed E-state index contributed by atoms with van der Waals surface area (Å²) in [4.78, 5) is 63.4. The van der Waals surface area contributed by atoms with E-state index in [2.05, 4.69) is 0 Å². The van der Waals surface area contributed by atoms with Gasteiger partial charge in [0, 0.05) is 0 Å². The van der Waals surface area contributed by atoms with E-state index in [0.717, 1.165) is 0 Å². The second kappa shape index (κ2) is 18.3. The zero-order valence-electron chi connectivity index (χ0n) is 20.9. The molecule has 0 bridgehead atoms. The van der Waals surface area contributed by atoms with Gasteiger partial charge < -0.3 is 23.7 Å². The van der Waals surface area contributed by atoms with Crippen molar-refractivity contribution < 1.29 is 67.1 Å². The fourth-order valence-corrected chi connectivity index (χ4v) is 2.98. The molecular weight excluding hydrogens is 561 g/mol. The number of carbonyl (C=O) groups excluding carboxylic acids is 5. The van der Waals surface area contributed by atoms with Gasteiger partial charge in [0.1, 0.15) is 29.6 Å². The third kappa shape index (κ3) is 9.13. The summed E-state index contributed by atoms with van der Waals surface area (Å²) in [5.74, 6) is -8.59. The molecule has 2 rings (SSSR count). The van der Waals surface area contributed by atoms with Crippen LogP contribution < -0.4 is 0 Å². The number of hydrogen-bond acceptors (Lipinski definition) is 10. The van der Waals surface area contributed by atoms with Crippen molar-refractivity contribution in [1.82, 2.24) is 0 Å². The van der Waals surface area contributed by atoms with Crippen molar-refractivity contribution in [3.05, 3.63) is 61.7 Å². The average Bonchev–Trinajstić information content (AvgIpc) is 3.50. The molecular formula is C25H30O10Ru+2. The fourth-order valence-electron chi connectivity index (χ4n) is 2.98. The van der Waals surface area contributed by atoms with Crippen molar-refractivity contribution in [2.24, 2.45) is 0 Å². The third-order valence-electron chi connectivity index (χ3n) is 4.20. The molecule has 0 amide bonds. The maximum atomic E-state index is 12.7. The Bertz CT molecular complexity index is 576. The van der Waals surface area contributed by atoms with Gasteiger partial charge in [-0.3, -0.25) is 24.0 Å². The molecule has 0 aliphatic heterocycles. The van der Waals surface area contributed by atoms with Gasteiger partial charge in [-0.1, -0.05) is 0 Å². The Kier molecular flexibility index (Phi) is 17.2. The summed E-state index contributed by atoms with van der Waals surface area (Å²) < 4.78 is 24.8. The summed E-state index contributed by atoms with van der Waals surface area (Å²) in [5, 5.41) is 0. The average molecular weight is 592 g/mol. The Morgan fingerprint density at radius 1 is 0.417 bits per heavy atom.